The van der Waals surface area contributed by atoms with Gasteiger partial charge in [0, 0.05) is 23.4 Å². The molecule has 0 radical (unpaired) electrons. The normalized spacial score (nSPS) is 18.9. The zero-order valence-corrected chi connectivity index (χ0v) is 19.4. The van der Waals surface area contributed by atoms with Gasteiger partial charge in [-0.1, -0.05) is 61.9 Å². The molecule has 1 atom stereocenters. The molecule has 0 bridgehead atoms. The predicted molar refractivity (Wildman–Crippen MR) is 129 cm³/mol. The number of aromatic nitrogens is 2. The number of hydrogen-bond acceptors (Lipinski definition) is 4. The van der Waals surface area contributed by atoms with Crippen LogP contribution in [-0.2, 0) is 4.79 Å². The highest BCUT2D eigenvalue weighted by molar-refractivity contribution is 6.08. The van der Waals surface area contributed by atoms with E-state index >= 15 is 0 Å². The van der Waals surface area contributed by atoms with Crippen LogP contribution in [0.2, 0.25) is 0 Å². The highest BCUT2D eigenvalue weighted by atomic mass is 16.1. The maximum Gasteiger partial charge on any atom is 0.261 e. The molecule has 6 heteroatoms. The lowest BCUT2D eigenvalue weighted by Crippen LogP contribution is -2.37. The summed E-state index contributed by atoms with van der Waals surface area (Å²) >= 11 is 0. The van der Waals surface area contributed by atoms with Crippen LogP contribution in [-0.4, -0.2) is 21.5 Å². The highest BCUT2D eigenvalue weighted by Gasteiger charge is 2.42. The number of carbonyl (C=O) groups is 2. The van der Waals surface area contributed by atoms with Gasteiger partial charge < -0.3 is 10.6 Å². The molecule has 0 unspecified atom stereocenters. The minimum atomic E-state index is -0.361. The lowest BCUT2D eigenvalue weighted by Gasteiger charge is -2.39. The van der Waals surface area contributed by atoms with Crippen LogP contribution >= 0.6 is 0 Å². The largest absolute Gasteiger partial charge is 0.343 e. The first kappa shape index (κ1) is 21.2. The molecule has 2 N–H and O–H groups in total. The third-order valence-electron chi connectivity index (χ3n) is 6.53. The molecular formula is C27H28N4O2. The van der Waals surface area contributed by atoms with Gasteiger partial charge in [-0.25, -0.2) is 4.68 Å². The molecule has 0 spiro atoms. The molecule has 33 heavy (non-hydrogen) atoms. The Morgan fingerprint density at radius 1 is 1.09 bits per heavy atom. The van der Waals surface area contributed by atoms with Crippen LogP contribution in [0.25, 0.3) is 0 Å². The van der Waals surface area contributed by atoms with Crippen molar-refractivity contribution in [1.82, 2.24) is 9.78 Å². The number of carbonyl (C=O) groups excluding carboxylic acids is 2. The number of anilines is 2. The van der Waals surface area contributed by atoms with Crippen molar-refractivity contribution in [3.63, 3.8) is 0 Å². The van der Waals surface area contributed by atoms with Crippen molar-refractivity contribution in [2.24, 2.45) is 5.41 Å². The predicted octanol–water partition coefficient (Wildman–Crippen LogP) is 5.41. The summed E-state index contributed by atoms with van der Waals surface area (Å²) in [5, 5.41) is 11.0. The Morgan fingerprint density at radius 2 is 1.82 bits per heavy atom. The van der Waals surface area contributed by atoms with Crippen molar-refractivity contribution in [2.45, 2.75) is 46.6 Å². The van der Waals surface area contributed by atoms with Gasteiger partial charge in [0.25, 0.3) is 5.91 Å². The number of fused-ring (bicyclic) bond motifs is 1. The molecule has 0 saturated carbocycles. The number of hydrogen-bond donors (Lipinski definition) is 2. The number of aryl methyl sites for hydroxylation is 2. The maximum absolute atomic E-state index is 13.3. The zero-order valence-electron chi connectivity index (χ0n) is 19.4. The number of para-hydroxylation sites is 1. The standard InChI is InChI=1S/C27H28N4O2/c1-16-9-11-18(12-10-16)24-23-21(13-27(3,4)14-22(23)32)29-25-19(15-28-31(24)25)26(33)30-20-8-6-5-7-17(20)2/h5-12,15,24,29H,13-14H2,1-4H3,(H,30,33)/t24-/m1/s1. The molecule has 168 valence electrons. The second-order valence-electron chi connectivity index (χ2n) is 9.89. The summed E-state index contributed by atoms with van der Waals surface area (Å²) in [5.41, 5.74) is 5.84. The van der Waals surface area contributed by atoms with Crippen LogP contribution < -0.4 is 10.6 Å². The summed E-state index contributed by atoms with van der Waals surface area (Å²) in [5.74, 6) is 0.522. The molecule has 3 aromatic rings. The van der Waals surface area contributed by atoms with Crippen molar-refractivity contribution in [2.75, 3.05) is 10.6 Å². The fourth-order valence-electron chi connectivity index (χ4n) is 4.84. The topological polar surface area (TPSA) is 76.0 Å². The van der Waals surface area contributed by atoms with Crippen LogP contribution in [0.15, 0.2) is 66.0 Å². The monoisotopic (exact) mass is 440 g/mol. The van der Waals surface area contributed by atoms with E-state index in [1.165, 1.54) is 0 Å². The first-order valence-electron chi connectivity index (χ1n) is 11.3. The number of rotatable bonds is 3. The van der Waals surface area contributed by atoms with E-state index in [-0.39, 0.29) is 23.1 Å². The van der Waals surface area contributed by atoms with Crippen LogP contribution in [0.3, 0.4) is 0 Å². The second-order valence-corrected chi connectivity index (χ2v) is 9.89. The Labute approximate surface area is 193 Å². The quantitative estimate of drug-likeness (QED) is 0.571. The minimum absolute atomic E-state index is 0.131. The number of nitrogens with zero attached hydrogens (tertiary/aromatic N) is 2. The third-order valence-corrected chi connectivity index (χ3v) is 6.53. The van der Waals surface area contributed by atoms with Gasteiger partial charge in [-0.3, -0.25) is 9.59 Å². The Kier molecular flexibility index (Phi) is 4.96. The summed E-state index contributed by atoms with van der Waals surface area (Å²) in [6.07, 6.45) is 2.82. The second kappa shape index (κ2) is 7.73. The molecule has 2 heterocycles. The average molecular weight is 441 g/mol. The van der Waals surface area contributed by atoms with Crippen LogP contribution in [0.1, 0.15) is 59.8 Å². The van der Waals surface area contributed by atoms with Crippen LogP contribution in [0.4, 0.5) is 11.5 Å². The SMILES string of the molecule is Cc1ccc([C@@H]2C3=C(CC(C)(C)CC3=O)Nc3c(C(=O)Nc4ccccc4C)cnn32)cc1. The lowest BCUT2D eigenvalue weighted by molar-refractivity contribution is -0.118. The Balaban J connectivity index is 1.60. The summed E-state index contributed by atoms with van der Waals surface area (Å²) in [7, 11) is 0. The van der Waals surface area contributed by atoms with Crippen molar-refractivity contribution in [3.05, 3.63) is 88.3 Å². The molecule has 2 aliphatic rings. The van der Waals surface area contributed by atoms with Gasteiger partial charge in [-0.05, 0) is 42.9 Å². The van der Waals surface area contributed by atoms with E-state index in [2.05, 4.69) is 29.6 Å². The van der Waals surface area contributed by atoms with Crippen molar-refractivity contribution >= 4 is 23.2 Å². The fourth-order valence-corrected chi connectivity index (χ4v) is 4.84. The number of Topliss-reactive ketones (excluding diaryl/α,β-unsaturated/α-hetero) is 1. The van der Waals surface area contributed by atoms with Gasteiger partial charge in [0.15, 0.2) is 5.78 Å². The summed E-state index contributed by atoms with van der Waals surface area (Å²) in [6.45, 7) is 8.21. The Morgan fingerprint density at radius 3 is 2.55 bits per heavy atom. The minimum Gasteiger partial charge on any atom is -0.343 e. The molecular weight excluding hydrogens is 412 g/mol. The van der Waals surface area contributed by atoms with E-state index in [4.69, 9.17) is 0 Å². The van der Waals surface area contributed by atoms with Gasteiger partial charge in [-0.15, -0.1) is 0 Å². The number of ketones is 1. The van der Waals surface area contributed by atoms with Gasteiger partial charge in [-0.2, -0.15) is 5.10 Å². The summed E-state index contributed by atoms with van der Waals surface area (Å²) in [4.78, 5) is 26.6. The van der Waals surface area contributed by atoms with Crippen molar-refractivity contribution < 1.29 is 9.59 Å². The van der Waals surface area contributed by atoms with E-state index < -0.39 is 0 Å². The molecule has 5 rings (SSSR count). The van der Waals surface area contributed by atoms with Gasteiger partial charge in [0.05, 0.1) is 6.20 Å². The smallest absolute Gasteiger partial charge is 0.261 e. The van der Waals surface area contributed by atoms with E-state index in [1.54, 1.807) is 10.9 Å². The average Bonchev–Trinajstić information content (AvgIpc) is 3.17. The molecule has 1 amide bonds. The zero-order chi connectivity index (χ0) is 23.3. The van der Waals surface area contributed by atoms with E-state index in [9.17, 15) is 9.59 Å². The van der Waals surface area contributed by atoms with E-state index in [1.807, 2.05) is 62.4 Å². The number of benzene rings is 2. The van der Waals surface area contributed by atoms with E-state index in [0.29, 0.717) is 17.8 Å². The summed E-state index contributed by atoms with van der Waals surface area (Å²) in [6, 6.07) is 15.5. The van der Waals surface area contributed by atoms with E-state index in [0.717, 1.165) is 40.1 Å². The van der Waals surface area contributed by atoms with Crippen LogP contribution in [0.5, 0.6) is 0 Å². The number of allylic oxidation sites excluding steroid dienone is 2. The van der Waals surface area contributed by atoms with Crippen LogP contribution in [0, 0.1) is 19.3 Å². The summed E-state index contributed by atoms with van der Waals surface area (Å²) < 4.78 is 1.78. The number of amides is 1. The Hall–Kier alpha value is -3.67. The van der Waals surface area contributed by atoms with Crippen molar-refractivity contribution in [1.29, 1.82) is 0 Å². The van der Waals surface area contributed by atoms with Crippen molar-refractivity contribution in [3.8, 4) is 0 Å². The molecule has 1 aliphatic carbocycles. The first-order valence-corrected chi connectivity index (χ1v) is 11.3. The molecule has 0 saturated heterocycles. The number of nitrogens with one attached hydrogen (secondary N) is 2. The first-order chi connectivity index (χ1) is 15.7. The molecule has 6 nitrogen and oxygen atoms in total. The molecule has 1 aromatic heterocycles. The van der Waals surface area contributed by atoms with Gasteiger partial charge in [0.1, 0.15) is 17.4 Å². The lowest BCUT2D eigenvalue weighted by atomic mass is 9.73. The highest BCUT2D eigenvalue weighted by Crippen LogP contribution is 2.46. The van der Waals surface area contributed by atoms with Gasteiger partial charge in [0.2, 0.25) is 0 Å². The Bertz CT molecular complexity index is 1300. The fraction of sp³-hybridized carbons (Fsp3) is 0.296. The third kappa shape index (κ3) is 3.75. The maximum atomic E-state index is 13.3. The van der Waals surface area contributed by atoms with Gasteiger partial charge >= 0.3 is 0 Å². The molecule has 2 aromatic carbocycles. The molecule has 1 aliphatic heterocycles. The molecule has 0 fully saturated rings.